The van der Waals surface area contributed by atoms with Gasteiger partial charge in [-0.15, -0.1) is 0 Å². The lowest BCUT2D eigenvalue weighted by atomic mass is 9.96. The van der Waals surface area contributed by atoms with Crippen molar-refractivity contribution < 1.29 is 9.59 Å². The Labute approximate surface area is 137 Å². The molecule has 1 saturated heterocycles. The average Bonchev–Trinajstić information content (AvgIpc) is 2.71. The molecule has 22 heavy (non-hydrogen) atoms. The zero-order valence-corrected chi connectivity index (χ0v) is 13.8. The Morgan fingerprint density at radius 2 is 1.82 bits per heavy atom. The minimum Gasteiger partial charge on any atom is -0.359 e. The molecule has 6 nitrogen and oxygen atoms in total. The normalized spacial score (nSPS) is 20.2. The van der Waals surface area contributed by atoms with Gasteiger partial charge in [-0.05, 0) is 37.9 Å². The van der Waals surface area contributed by atoms with Crippen molar-refractivity contribution in [3.63, 3.8) is 0 Å². The number of rotatable bonds is 3. The Kier molecular flexibility index (Phi) is 6.89. The average molecular weight is 326 g/mol. The van der Waals surface area contributed by atoms with E-state index in [1.807, 2.05) is 0 Å². The highest BCUT2D eigenvalue weighted by molar-refractivity contribution is 7.80. The van der Waals surface area contributed by atoms with E-state index in [9.17, 15) is 9.59 Å². The second-order valence-corrected chi connectivity index (χ2v) is 6.52. The summed E-state index contributed by atoms with van der Waals surface area (Å²) in [6, 6.07) is 0.401. The highest BCUT2D eigenvalue weighted by Crippen LogP contribution is 2.17. The van der Waals surface area contributed by atoms with Crippen molar-refractivity contribution >= 4 is 29.1 Å². The summed E-state index contributed by atoms with van der Waals surface area (Å²) in [5.74, 6) is -0.168. The van der Waals surface area contributed by atoms with Crippen molar-refractivity contribution in [1.82, 2.24) is 21.1 Å². The maximum atomic E-state index is 11.9. The molecule has 0 atom stereocenters. The SMILES string of the molecule is O=C(CN1CCCCCC1=O)NNC(=S)NC1CCCCC1. The molecule has 0 radical (unpaired) electrons. The third-order valence-corrected chi connectivity index (χ3v) is 4.48. The number of likely N-dealkylation sites (tertiary alicyclic amines) is 1. The fraction of sp³-hybridized carbons (Fsp3) is 0.800. The summed E-state index contributed by atoms with van der Waals surface area (Å²) < 4.78 is 0. The van der Waals surface area contributed by atoms with E-state index in [0.29, 0.717) is 24.1 Å². The van der Waals surface area contributed by atoms with Gasteiger partial charge in [0.1, 0.15) is 6.54 Å². The van der Waals surface area contributed by atoms with Crippen molar-refractivity contribution in [2.75, 3.05) is 13.1 Å². The highest BCUT2D eigenvalue weighted by Gasteiger charge is 2.19. The molecule has 0 aromatic carbocycles. The topological polar surface area (TPSA) is 73.5 Å². The first-order chi connectivity index (χ1) is 10.6. The van der Waals surface area contributed by atoms with Crippen LogP contribution in [0.15, 0.2) is 0 Å². The van der Waals surface area contributed by atoms with Crippen LogP contribution in [0.4, 0.5) is 0 Å². The van der Waals surface area contributed by atoms with Gasteiger partial charge in [0.25, 0.3) is 5.91 Å². The van der Waals surface area contributed by atoms with Gasteiger partial charge in [0.05, 0.1) is 0 Å². The maximum Gasteiger partial charge on any atom is 0.257 e. The predicted molar refractivity (Wildman–Crippen MR) is 88.9 cm³/mol. The molecule has 1 heterocycles. The number of nitrogens with one attached hydrogen (secondary N) is 3. The van der Waals surface area contributed by atoms with E-state index in [1.165, 1.54) is 19.3 Å². The summed E-state index contributed by atoms with van der Waals surface area (Å²) in [4.78, 5) is 25.4. The lowest BCUT2D eigenvalue weighted by Crippen LogP contribution is -2.52. The van der Waals surface area contributed by atoms with Crippen LogP contribution < -0.4 is 16.2 Å². The van der Waals surface area contributed by atoms with Gasteiger partial charge >= 0.3 is 0 Å². The number of thiocarbonyl (C=S) groups is 1. The number of hydrogen-bond donors (Lipinski definition) is 3. The number of carbonyl (C=O) groups is 2. The Balaban J connectivity index is 1.65. The Morgan fingerprint density at radius 1 is 1.09 bits per heavy atom. The van der Waals surface area contributed by atoms with Crippen molar-refractivity contribution in [1.29, 1.82) is 0 Å². The van der Waals surface area contributed by atoms with Gasteiger partial charge in [0, 0.05) is 19.0 Å². The Bertz CT molecular complexity index is 410. The van der Waals surface area contributed by atoms with Crippen LogP contribution >= 0.6 is 12.2 Å². The minimum atomic E-state index is -0.233. The van der Waals surface area contributed by atoms with Crippen molar-refractivity contribution in [3.05, 3.63) is 0 Å². The highest BCUT2D eigenvalue weighted by atomic mass is 32.1. The van der Waals surface area contributed by atoms with Crippen LogP contribution in [0.2, 0.25) is 0 Å². The minimum absolute atomic E-state index is 0.0653. The van der Waals surface area contributed by atoms with E-state index in [-0.39, 0.29) is 18.4 Å². The number of hydrogen-bond acceptors (Lipinski definition) is 3. The molecule has 2 rings (SSSR count). The molecule has 1 saturated carbocycles. The van der Waals surface area contributed by atoms with E-state index in [0.717, 1.165) is 32.1 Å². The van der Waals surface area contributed by atoms with E-state index in [1.54, 1.807) is 4.90 Å². The predicted octanol–water partition coefficient (Wildman–Crippen LogP) is 1.22. The molecule has 0 aromatic rings. The summed E-state index contributed by atoms with van der Waals surface area (Å²) in [6.45, 7) is 0.759. The van der Waals surface area contributed by atoms with Crippen molar-refractivity contribution in [3.8, 4) is 0 Å². The molecule has 0 unspecified atom stereocenters. The van der Waals surface area contributed by atoms with Crippen LogP contribution in [0.1, 0.15) is 57.8 Å². The van der Waals surface area contributed by atoms with Crippen molar-refractivity contribution in [2.45, 2.75) is 63.8 Å². The second-order valence-electron chi connectivity index (χ2n) is 6.11. The molecule has 1 aliphatic heterocycles. The molecule has 1 aliphatic carbocycles. The Hall–Kier alpha value is -1.37. The van der Waals surface area contributed by atoms with Gasteiger partial charge in [0.15, 0.2) is 5.11 Å². The summed E-state index contributed by atoms with van der Waals surface area (Å²) in [5, 5.41) is 3.67. The van der Waals surface area contributed by atoms with Gasteiger partial charge in [-0.3, -0.25) is 20.4 Å². The molecule has 3 N–H and O–H groups in total. The second kappa shape index (κ2) is 8.92. The van der Waals surface area contributed by atoms with Crippen LogP contribution in [0.3, 0.4) is 0 Å². The smallest absolute Gasteiger partial charge is 0.257 e. The summed E-state index contributed by atoms with van der Waals surface area (Å²) >= 11 is 5.18. The largest absolute Gasteiger partial charge is 0.359 e. The van der Waals surface area contributed by atoms with Gasteiger partial charge in [-0.2, -0.15) is 0 Å². The number of hydrazine groups is 1. The standard InChI is InChI=1S/C15H26N4O2S/c20-13(11-19-10-6-2-5-9-14(19)21)17-18-15(22)16-12-7-3-1-4-8-12/h12H,1-11H2,(H,17,20)(H2,16,18,22). The molecule has 2 fully saturated rings. The molecule has 2 aliphatic rings. The van der Waals surface area contributed by atoms with Crippen LogP contribution in [0.25, 0.3) is 0 Å². The zero-order valence-electron chi connectivity index (χ0n) is 13.0. The monoisotopic (exact) mass is 326 g/mol. The fourth-order valence-corrected chi connectivity index (χ4v) is 3.23. The van der Waals surface area contributed by atoms with Crippen LogP contribution in [-0.4, -0.2) is 41.0 Å². The van der Waals surface area contributed by atoms with E-state index >= 15 is 0 Å². The van der Waals surface area contributed by atoms with Gasteiger partial charge < -0.3 is 10.2 Å². The summed E-state index contributed by atoms with van der Waals surface area (Å²) in [6.07, 6.45) is 9.47. The van der Waals surface area contributed by atoms with E-state index in [2.05, 4.69) is 16.2 Å². The summed E-state index contributed by atoms with van der Waals surface area (Å²) in [7, 11) is 0. The third-order valence-electron chi connectivity index (χ3n) is 4.26. The first-order valence-electron chi connectivity index (χ1n) is 8.28. The summed E-state index contributed by atoms with van der Waals surface area (Å²) in [5.41, 5.74) is 5.31. The Morgan fingerprint density at radius 3 is 2.59 bits per heavy atom. The third kappa shape index (κ3) is 5.79. The van der Waals surface area contributed by atoms with Crippen LogP contribution in [0, 0.1) is 0 Å². The number of nitrogens with zero attached hydrogens (tertiary/aromatic N) is 1. The van der Waals surface area contributed by atoms with Gasteiger partial charge in [0.2, 0.25) is 5.91 Å². The van der Waals surface area contributed by atoms with Crippen LogP contribution in [0.5, 0.6) is 0 Å². The quantitative estimate of drug-likeness (QED) is 0.537. The van der Waals surface area contributed by atoms with Crippen LogP contribution in [-0.2, 0) is 9.59 Å². The van der Waals surface area contributed by atoms with Gasteiger partial charge in [-0.1, -0.05) is 25.7 Å². The molecule has 7 heteroatoms. The first-order valence-corrected chi connectivity index (χ1v) is 8.69. The lowest BCUT2D eigenvalue weighted by Gasteiger charge is -2.25. The van der Waals surface area contributed by atoms with Gasteiger partial charge in [-0.25, -0.2) is 0 Å². The number of carbonyl (C=O) groups excluding carboxylic acids is 2. The molecule has 0 bridgehead atoms. The molecular weight excluding hydrogens is 300 g/mol. The zero-order chi connectivity index (χ0) is 15.8. The van der Waals surface area contributed by atoms with E-state index < -0.39 is 0 Å². The fourth-order valence-electron chi connectivity index (χ4n) is 3.01. The molecule has 0 aromatic heterocycles. The lowest BCUT2D eigenvalue weighted by molar-refractivity contribution is -0.135. The molecular formula is C15H26N4O2S. The maximum absolute atomic E-state index is 11.9. The van der Waals surface area contributed by atoms with E-state index in [4.69, 9.17) is 12.2 Å². The molecule has 124 valence electrons. The molecule has 0 spiro atoms. The van der Waals surface area contributed by atoms with Crippen molar-refractivity contribution in [2.24, 2.45) is 0 Å². The molecule has 2 amide bonds. The first kappa shape index (κ1) is 17.0. The number of amides is 2.